The van der Waals surface area contributed by atoms with E-state index in [1.54, 1.807) is 24.3 Å². The van der Waals surface area contributed by atoms with E-state index in [-0.39, 0.29) is 13.0 Å². The zero-order chi connectivity index (χ0) is 15.1. The van der Waals surface area contributed by atoms with E-state index in [0.717, 1.165) is 5.56 Å². The molecule has 116 valence electrons. The van der Waals surface area contributed by atoms with Crippen LogP contribution in [0.2, 0.25) is 0 Å². The van der Waals surface area contributed by atoms with Crippen molar-refractivity contribution in [3.05, 3.63) is 35.9 Å². The molecule has 0 unspecified atom stereocenters. The third-order valence-electron chi connectivity index (χ3n) is 4.38. The highest BCUT2D eigenvalue weighted by Crippen LogP contribution is 2.44. The van der Waals surface area contributed by atoms with Crippen molar-refractivity contribution in [3.8, 4) is 0 Å². The molecule has 6 heteroatoms. The van der Waals surface area contributed by atoms with E-state index >= 15 is 0 Å². The minimum absolute atomic E-state index is 0.0268. The largest absolute Gasteiger partial charge is 0.389 e. The zero-order valence-corrected chi connectivity index (χ0v) is 11.5. The van der Waals surface area contributed by atoms with E-state index in [9.17, 15) is 19.0 Å². The van der Waals surface area contributed by atoms with Crippen molar-refractivity contribution in [1.29, 1.82) is 0 Å². The normalized spacial score (nSPS) is 38.2. The summed E-state index contributed by atoms with van der Waals surface area (Å²) in [6.07, 6.45) is -2.11. The number of alkyl halides is 2. The number of rotatable bonds is 3. The summed E-state index contributed by atoms with van der Waals surface area (Å²) in [5, 5.41) is 22.8. The van der Waals surface area contributed by atoms with Gasteiger partial charge in [0.25, 0.3) is 0 Å². The average Bonchev–Trinajstić information content (AvgIpc) is 2.47. The third kappa shape index (κ3) is 2.46. The van der Waals surface area contributed by atoms with Crippen LogP contribution in [0.5, 0.6) is 0 Å². The second-order valence-electron chi connectivity index (χ2n) is 5.83. The molecule has 0 radical (unpaired) electrons. The van der Waals surface area contributed by atoms with Crippen LogP contribution < -0.4 is 5.32 Å². The summed E-state index contributed by atoms with van der Waals surface area (Å²) in [4.78, 5) is 0. The molecule has 2 saturated heterocycles. The van der Waals surface area contributed by atoms with Crippen molar-refractivity contribution in [2.75, 3.05) is 0 Å². The molecule has 0 saturated carbocycles. The van der Waals surface area contributed by atoms with Crippen molar-refractivity contribution >= 4 is 0 Å². The molecule has 4 atom stereocenters. The van der Waals surface area contributed by atoms with Gasteiger partial charge in [-0.3, -0.25) is 5.32 Å². The monoisotopic (exact) mass is 299 g/mol. The Morgan fingerprint density at radius 3 is 2.71 bits per heavy atom. The molecule has 0 spiro atoms. The molecule has 2 aliphatic rings. The second-order valence-corrected chi connectivity index (χ2v) is 5.83. The van der Waals surface area contributed by atoms with Crippen molar-refractivity contribution in [1.82, 2.24) is 5.32 Å². The first-order valence-electron chi connectivity index (χ1n) is 7.15. The number of benzene rings is 1. The van der Waals surface area contributed by atoms with Crippen molar-refractivity contribution in [3.63, 3.8) is 0 Å². The number of fused-ring (bicyclic) bond motifs is 2. The number of aliphatic hydroxyl groups excluding tert-OH is 1. The highest BCUT2D eigenvalue weighted by atomic mass is 19.3. The van der Waals surface area contributed by atoms with Gasteiger partial charge >= 0.3 is 5.92 Å². The summed E-state index contributed by atoms with van der Waals surface area (Å²) in [5.74, 6) is -3.54. The molecule has 1 aromatic carbocycles. The first kappa shape index (κ1) is 14.8. The smallest absolute Gasteiger partial charge is 0.317 e. The van der Waals surface area contributed by atoms with Crippen LogP contribution in [0.1, 0.15) is 24.8 Å². The maximum Gasteiger partial charge on any atom is 0.317 e. The van der Waals surface area contributed by atoms with Crippen LogP contribution in [0.15, 0.2) is 30.3 Å². The molecule has 4 nitrogen and oxygen atoms in total. The van der Waals surface area contributed by atoms with Crippen LogP contribution in [0.4, 0.5) is 8.78 Å². The number of piperidine rings is 2. The molecule has 3 rings (SSSR count). The lowest BCUT2D eigenvalue weighted by atomic mass is 9.78. The maximum absolute atomic E-state index is 14.5. The lowest BCUT2D eigenvalue weighted by Crippen LogP contribution is -2.77. The lowest BCUT2D eigenvalue weighted by Gasteiger charge is -2.52. The quantitative estimate of drug-likeness (QED) is 0.790. The Morgan fingerprint density at radius 2 is 2.00 bits per heavy atom. The number of ether oxygens (including phenoxy) is 1. The first-order valence-corrected chi connectivity index (χ1v) is 7.15. The summed E-state index contributed by atoms with van der Waals surface area (Å²) < 4.78 is 34.3. The molecule has 3 N–H and O–H groups in total. The fourth-order valence-corrected chi connectivity index (χ4v) is 3.17. The topological polar surface area (TPSA) is 61.7 Å². The molecule has 2 fully saturated rings. The van der Waals surface area contributed by atoms with Crippen LogP contribution in [0, 0.1) is 0 Å². The molecule has 2 heterocycles. The maximum atomic E-state index is 14.5. The number of nitrogens with one attached hydrogen (secondary N) is 1. The highest BCUT2D eigenvalue weighted by Gasteiger charge is 2.66. The molecule has 0 amide bonds. The van der Waals surface area contributed by atoms with E-state index in [2.05, 4.69) is 5.32 Å². The standard InChI is InChI=1S/C15H19F2NO3/c16-15(17)13(21-9-10-5-2-1-3-6-10)12(19)11-7-4-8-14(15,20)18-11/h1-3,5-6,11-13,18-20H,4,7-9H2/t11-,12+,13-,14-/m1/s1. The van der Waals surface area contributed by atoms with Gasteiger partial charge in [0.2, 0.25) is 0 Å². The predicted octanol–water partition coefficient (Wildman–Crippen LogP) is 1.41. The Morgan fingerprint density at radius 1 is 1.29 bits per heavy atom. The Kier molecular flexibility index (Phi) is 3.73. The summed E-state index contributed by atoms with van der Waals surface area (Å²) in [7, 11) is 0. The summed E-state index contributed by atoms with van der Waals surface area (Å²) in [6, 6.07) is 8.37. The number of aliphatic hydroxyl groups is 2. The summed E-state index contributed by atoms with van der Waals surface area (Å²) in [6.45, 7) is -0.0268. The van der Waals surface area contributed by atoms with Crippen molar-refractivity contribution < 1.29 is 23.7 Å². The zero-order valence-electron chi connectivity index (χ0n) is 11.5. The molecule has 1 aromatic rings. The van der Waals surface area contributed by atoms with E-state index in [0.29, 0.717) is 12.8 Å². The van der Waals surface area contributed by atoms with Gasteiger partial charge in [-0.1, -0.05) is 30.3 Å². The van der Waals surface area contributed by atoms with E-state index in [1.807, 2.05) is 6.07 Å². The molecule has 0 aliphatic carbocycles. The Balaban J connectivity index is 1.79. The minimum atomic E-state index is -3.54. The SMILES string of the molecule is O[C@@H]1[C@@H](OCc2ccccc2)C(F)(F)[C@]2(O)CCC[C@H]1N2. The van der Waals surface area contributed by atoms with Crippen LogP contribution in [-0.2, 0) is 11.3 Å². The Hall–Kier alpha value is -1.08. The van der Waals surface area contributed by atoms with Gasteiger partial charge in [-0.25, -0.2) is 0 Å². The minimum Gasteiger partial charge on any atom is -0.389 e. The van der Waals surface area contributed by atoms with Gasteiger partial charge in [-0.15, -0.1) is 0 Å². The van der Waals surface area contributed by atoms with Crippen molar-refractivity contribution in [2.45, 2.75) is 55.8 Å². The van der Waals surface area contributed by atoms with Crippen LogP contribution in [0.3, 0.4) is 0 Å². The Labute approximate surface area is 121 Å². The average molecular weight is 299 g/mol. The number of hydrogen-bond donors (Lipinski definition) is 3. The molecule has 0 aromatic heterocycles. The van der Waals surface area contributed by atoms with Gasteiger partial charge in [-0.2, -0.15) is 8.78 Å². The molecular formula is C15H19F2NO3. The van der Waals surface area contributed by atoms with Gasteiger partial charge in [0.15, 0.2) is 11.8 Å². The van der Waals surface area contributed by atoms with Gasteiger partial charge in [-0.05, 0) is 24.8 Å². The van der Waals surface area contributed by atoms with Gasteiger partial charge in [0.1, 0.15) is 6.10 Å². The van der Waals surface area contributed by atoms with Crippen LogP contribution >= 0.6 is 0 Å². The summed E-state index contributed by atoms with van der Waals surface area (Å²) >= 11 is 0. The third-order valence-corrected chi connectivity index (χ3v) is 4.38. The van der Waals surface area contributed by atoms with E-state index in [1.165, 1.54) is 0 Å². The highest BCUT2D eigenvalue weighted by molar-refractivity contribution is 5.15. The Bertz CT molecular complexity index is 499. The first-order chi connectivity index (χ1) is 9.94. The van der Waals surface area contributed by atoms with E-state index in [4.69, 9.17) is 4.74 Å². The fraction of sp³-hybridized carbons (Fsp3) is 0.600. The van der Waals surface area contributed by atoms with Crippen LogP contribution in [0.25, 0.3) is 0 Å². The molecule has 2 aliphatic heterocycles. The van der Waals surface area contributed by atoms with Crippen molar-refractivity contribution in [2.24, 2.45) is 0 Å². The van der Waals surface area contributed by atoms with Gasteiger partial charge < -0.3 is 14.9 Å². The number of halogens is 2. The van der Waals surface area contributed by atoms with E-state index < -0.39 is 29.9 Å². The predicted molar refractivity (Wildman–Crippen MR) is 71.7 cm³/mol. The molecule has 21 heavy (non-hydrogen) atoms. The van der Waals surface area contributed by atoms with Crippen LogP contribution in [-0.4, -0.2) is 40.1 Å². The number of hydrogen-bond acceptors (Lipinski definition) is 4. The second kappa shape index (κ2) is 5.28. The van der Waals surface area contributed by atoms with Gasteiger partial charge in [0.05, 0.1) is 6.61 Å². The molecular weight excluding hydrogens is 280 g/mol. The summed E-state index contributed by atoms with van der Waals surface area (Å²) in [5.41, 5.74) is -1.55. The van der Waals surface area contributed by atoms with Gasteiger partial charge in [0, 0.05) is 6.04 Å². The fourth-order valence-electron chi connectivity index (χ4n) is 3.17. The lowest BCUT2D eigenvalue weighted by molar-refractivity contribution is -0.314. The molecule has 2 bridgehead atoms.